The molecule has 0 radical (unpaired) electrons. The van der Waals surface area contributed by atoms with Gasteiger partial charge in [0.1, 0.15) is 5.75 Å². The third kappa shape index (κ3) is 4.65. The van der Waals surface area contributed by atoms with Gasteiger partial charge in [0.2, 0.25) is 10.0 Å². The van der Waals surface area contributed by atoms with Crippen molar-refractivity contribution < 1.29 is 22.7 Å². The molecule has 8 heteroatoms. The maximum atomic E-state index is 12.5. The van der Waals surface area contributed by atoms with Crippen LogP contribution in [0.5, 0.6) is 5.75 Å². The Balaban J connectivity index is 1.68. The summed E-state index contributed by atoms with van der Waals surface area (Å²) in [6.45, 7) is 2.23. The van der Waals surface area contributed by atoms with Gasteiger partial charge in [-0.2, -0.15) is 0 Å². The molecular formula is C19H22N2O5S. The molecule has 1 aliphatic rings. The number of morpholine rings is 1. The quantitative estimate of drug-likeness (QED) is 0.811. The SMILES string of the molecule is COc1ccccc1CNS(=O)(=O)c1ccc(C(=O)N2CCOCC2)cc1. The normalized spacial score (nSPS) is 14.8. The number of amides is 1. The fraction of sp³-hybridized carbons (Fsp3) is 0.316. The van der Waals surface area contributed by atoms with E-state index in [1.165, 1.54) is 31.4 Å². The highest BCUT2D eigenvalue weighted by atomic mass is 32.2. The molecule has 1 amide bonds. The lowest BCUT2D eigenvalue weighted by Gasteiger charge is -2.26. The van der Waals surface area contributed by atoms with Crippen molar-refractivity contribution in [2.24, 2.45) is 0 Å². The van der Waals surface area contributed by atoms with Crippen molar-refractivity contribution in [3.63, 3.8) is 0 Å². The molecule has 0 spiro atoms. The number of benzene rings is 2. The van der Waals surface area contributed by atoms with Crippen molar-refractivity contribution in [3.05, 3.63) is 59.7 Å². The second kappa shape index (κ2) is 8.51. The van der Waals surface area contributed by atoms with E-state index in [0.717, 1.165) is 5.56 Å². The van der Waals surface area contributed by atoms with Crippen LogP contribution in [-0.2, 0) is 21.3 Å². The Labute approximate surface area is 158 Å². The molecule has 1 aliphatic heterocycles. The molecule has 144 valence electrons. The van der Waals surface area contributed by atoms with Crippen molar-refractivity contribution in [1.29, 1.82) is 0 Å². The van der Waals surface area contributed by atoms with Crippen molar-refractivity contribution in [1.82, 2.24) is 9.62 Å². The van der Waals surface area contributed by atoms with Crippen molar-refractivity contribution in [3.8, 4) is 5.75 Å². The van der Waals surface area contributed by atoms with Gasteiger partial charge in [-0.15, -0.1) is 0 Å². The summed E-state index contributed by atoms with van der Waals surface area (Å²) >= 11 is 0. The Kier molecular flexibility index (Phi) is 6.10. The average Bonchev–Trinajstić information content (AvgIpc) is 2.72. The first-order valence-corrected chi connectivity index (χ1v) is 10.1. The lowest BCUT2D eigenvalue weighted by Crippen LogP contribution is -2.40. The van der Waals surface area contributed by atoms with Crippen LogP contribution in [0.1, 0.15) is 15.9 Å². The van der Waals surface area contributed by atoms with Gasteiger partial charge in [-0.25, -0.2) is 13.1 Å². The molecule has 0 unspecified atom stereocenters. The van der Waals surface area contributed by atoms with Crippen LogP contribution in [0.4, 0.5) is 0 Å². The number of ether oxygens (including phenoxy) is 2. The Hall–Kier alpha value is -2.42. The number of nitrogens with one attached hydrogen (secondary N) is 1. The van der Waals surface area contributed by atoms with Crippen LogP contribution >= 0.6 is 0 Å². The van der Waals surface area contributed by atoms with Crippen molar-refractivity contribution >= 4 is 15.9 Å². The summed E-state index contributed by atoms with van der Waals surface area (Å²) < 4.78 is 38.1. The number of hydrogen-bond donors (Lipinski definition) is 1. The molecule has 27 heavy (non-hydrogen) atoms. The van der Waals surface area contributed by atoms with E-state index in [9.17, 15) is 13.2 Å². The smallest absolute Gasteiger partial charge is 0.254 e. The van der Waals surface area contributed by atoms with Gasteiger partial charge in [0, 0.05) is 30.8 Å². The van der Waals surface area contributed by atoms with E-state index < -0.39 is 10.0 Å². The monoisotopic (exact) mass is 390 g/mol. The highest BCUT2D eigenvalue weighted by Crippen LogP contribution is 2.18. The number of carbonyl (C=O) groups excluding carboxylic acids is 1. The number of hydrogen-bond acceptors (Lipinski definition) is 5. The van der Waals surface area contributed by atoms with Gasteiger partial charge in [0.25, 0.3) is 5.91 Å². The lowest BCUT2D eigenvalue weighted by atomic mass is 10.2. The number of carbonyl (C=O) groups is 1. The summed E-state index contributed by atoms with van der Waals surface area (Å²) in [5, 5.41) is 0. The maximum absolute atomic E-state index is 12.5. The van der Waals surface area contributed by atoms with Gasteiger partial charge in [0.15, 0.2) is 0 Å². The zero-order valence-corrected chi connectivity index (χ0v) is 15.9. The predicted molar refractivity (Wildman–Crippen MR) is 100 cm³/mol. The van der Waals surface area contributed by atoms with E-state index in [1.54, 1.807) is 17.0 Å². The molecule has 1 heterocycles. The molecular weight excluding hydrogens is 368 g/mol. The first-order chi connectivity index (χ1) is 13.0. The van der Waals surface area contributed by atoms with Gasteiger partial charge in [-0.05, 0) is 30.3 Å². The summed E-state index contributed by atoms with van der Waals surface area (Å²) in [6, 6.07) is 13.2. The molecule has 1 fully saturated rings. The number of sulfonamides is 1. The second-order valence-corrected chi connectivity index (χ2v) is 7.83. The summed E-state index contributed by atoms with van der Waals surface area (Å²) in [7, 11) is -2.16. The Morgan fingerprint density at radius 1 is 1.11 bits per heavy atom. The molecule has 7 nitrogen and oxygen atoms in total. The van der Waals surface area contributed by atoms with Gasteiger partial charge >= 0.3 is 0 Å². The van der Waals surface area contributed by atoms with Gasteiger partial charge in [-0.3, -0.25) is 4.79 Å². The predicted octanol–water partition coefficient (Wildman–Crippen LogP) is 1.65. The Bertz CT molecular complexity index is 891. The third-order valence-electron chi connectivity index (χ3n) is 4.36. The van der Waals surface area contributed by atoms with Crippen LogP contribution in [0.25, 0.3) is 0 Å². The molecule has 2 aromatic carbocycles. The number of para-hydroxylation sites is 1. The van der Waals surface area contributed by atoms with Crippen LogP contribution in [-0.4, -0.2) is 52.6 Å². The van der Waals surface area contributed by atoms with Gasteiger partial charge in [0.05, 0.1) is 25.2 Å². The molecule has 0 bridgehead atoms. The summed E-state index contributed by atoms with van der Waals surface area (Å²) in [5.41, 5.74) is 1.20. The van der Waals surface area contributed by atoms with Crippen LogP contribution in [0.2, 0.25) is 0 Å². The topological polar surface area (TPSA) is 84.9 Å². The van der Waals surface area contributed by atoms with E-state index >= 15 is 0 Å². The fourth-order valence-electron chi connectivity index (χ4n) is 2.83. The van der Waals surface area contributed by atoms with Gasteiger partial charge in [-0.1, -0.05) is 18.2 Å². The van der Waals surface area contributed by atoms with Crippen LogP contribution in [0, 0.1) is 0 Å². The molecule has 0 saturated carbocycles. The molecule has 0 aromatic heterocycles. The molecule has 3 rings (SSSR count). The van der Waals surface area contributed by atoms with Crippen LogP contribution in [0.15, 0.2) is 53.4 Å². The number of nitrogens with zero attached hydrogens (tertiary/aromatic N) is 1. The first kappa shape index (κ1) is 19.3. The third-order valence-corrected chi connectivity index (χ3v) is 5.77. The minimum atomic E-state index is -3.70. The van der Waals surface area contributed by atoms with E-state index in [-0.39, 0.29) is 17.3 Å². The first-order valence-electron chi connectivity index (χ1n) is 8.60. The molecule has 0 atom stereocenters. The van der Waals surface area contributed by atoms with Crippen molar-refractivity contribution in [2.45, 2.75) is 11.4 Å². The minimum absolute atomic E-state index is 0.107. The molecule has 1 N–H and O–H groups in total. The van der Waals surface area contributed by atoms with E-state index in [1.807, 2.05) is 12.1 Å². The summed E-state index contributed by atoms with van der Waals surface area (Å²) in [4.78, 5) is 14.2. The van der Waals surface area contributed by atoms with Crippen molar-refractivity contribution in [2.75, 3.05) is 33.4 Å². The summed E-state index contributed by atoms with van der Waals surface area (Å²) in [6.07, 6.45) is 0. The number of rotatable bonds is 6. The van der Waals surface area contributed by atoms with E-state index in [2.05, 4.69) is 4.72 Å². The summed E-state index contributed by atoms with van der Waals surface area (Å²) in [5.74, 6) is 0.496. The van der Waals surface area contributed by atoms with Gasteiger partial charge < -0.3 is 14.4 Å². The van der Waals surface area contributed by atoms with E-state index in [0.29, 0.717) is 37.6 Å². The zero-order chi connectivity index (χ0) is 19.3. The Morgan fingerprint density at radius 2 is 1.78 bits per heavy atom. The average molecular weight is 390 g/mol. The van der Waals surface area contributed by atoms with Crippen LogP contribution in [0.3, 0.4) is 0 Å². The maximum Gasteiger partial charge on any atom is 0.254 e. The van der Waals surface area contributed by atoms with E-state index in [4.69, 9.17) is 9.47 Å². The lowest BCUT2D eigenvalue weighted by molar-refractivity contribution is 0.0303. The molecule has 2 aromatic rings. The second-order valence-electron chi connectivity index (χ2n) is 6.07. The zero-order valence-electron chi connectivity index (χ0n) is 15.1. The molecule has 1 saturated heterocycles. The number of methoxy groups -OCH3 is 1. The highest BCUT2D eigenvalue weighted by Gasteiger charge is 2.20. The molecule has 0 aliphatic carbocycles. The van der Waals surface area contributed by atoms with Crippen LogP contribution < -0.4 is 9.46 Å². The highest BCUT2D eigenvalue weighted by molar-refractivity contribution is 7.89. The largest absolute Gasteiger partial charge is 0.496 e. The standard InChI is InChI=1S/C19H22N2O5S/c1-25-18-5-3-2-4-16(18)14-20-27(23,24)17-8-6-15(7-9-17)19(22)21-10-12-26-13-11-21/h2-9,20H,10-14H2,1H3. The Morgan fingerprint density at radius 3 is 2.44 bits per heavy atom. The minimum Gasteiger partial charge on any atom is -0.496 e. The fourth-order valence-corrected chi connectivity index (χ4v) is 3.84.